The lowest BCUT2D eigenvalue weighted by Crippen LogP contribution is -2.51. The summed E-state index contributed by atoms with van der Waals surface area (Å²) in [4.78, 5) is 0. The molecule has 0 amide bonds. The van der Waals surface area contributed by atoms with Crippen molar-refractivity contribution < 1.29 is 0 Å². The molecule has 0 bridgehead atoms. The van der Waals surface area contributed by atoms with Crippen LogP contribution in [0.2, 0.25) is 0 Å². The van der Waals surface area contributed by atoms with Crippen molar-refractivity contribution in [1.29, 1.82) is 0 Å². The second-order valence-electron chi connectivity index (χ2n) is 6.56. The topological polar surface area (TPSA) is 26.0 Å². The smallest absolute Gasteiger partial charge is 0.0774 e. The molecule has 0 aromatic heterocycles. The summed E-state index contributed by atoms with van der Waals surface area (Å²) < 4.78 is -0.171. The number of hydrogen-bond acceptors (Lipinski definition) is 1. The van der Waals surface area contributed by atoms with Crippen molar-refractivity contribution in [3.63, 3.8) is 0 Å². The van der Waals surface area contributed by atoms with Crippen LogP contribution in [0.3, 0.4) is 0 Å². The Balaban J connectivity index is 5.08. The van der Waals surface area contributed by atoms with Crippen molar-refractivity contribution in [3.8, 4) is 0 Å². The molecular formula is C18H38BrN. The van der Waals surface area contributed by atoms with Crippen LogP contribution in [0.1, 0.15) is 105 Å². The van der Waals surface area contributed by atoms with E-state index in [0.29, 0.717) is 5.41 Å². The molecule has 2 N–H and O–H groups in total. The summed E-state index contributed by atoms with van der Waals surface area (Å²) in [6.45, 7) is 9.14. The van der Waals surface area contributed by atoms with Crippen molar-refractivity contribution in [2.24, 2.45) is 11.1 Å². The molecule has 0 fully saturated rings. The van der Waals surface area contributed by atoms with Gasteiger partial charge in [-0.1, -0.05) is 95.0 Å². The van der Waals surface area contributed by atoms with Crippen molar-refractivity contribution in [3.05, 3.63) is 0 Å². The van der Waals surface area contributed by atoms with E-state index in [1.165, 1.54) is 70.6 Å². The summed E-state index contributed by atoms with van der Waals surface area (Å²) in [6.07, 6.45) is 15.2. The molecule has 0 rings (SSSR count). The first-order valence-corrected chi connectivity index (χ1v) is 9.76. The first kappa shape index (κ1) is 20.4. The average Bonchev–Trinajstić information content (AvgIpc) is 2.44. The molecule has 122 valence electrons. The van der Waals surface area contributed by atoms with Gasteiger partial charge in [0, 0.05) is 0 Å². The second kappa shape index (κ2) is 11.1. The largest absolute Gasteiger partial charge is 0.316 e. The lowest BCUT2D eigenvalue weighted by molar-refractivity contribution is 0.128. The Hall–Kier alpha value is 0.440. The molecule has 0 saturated heterocycles. The van der Waals surface area contributed by atoms with Crippen LogP contribution in [0.4, 0.5) is 0 Å². The van der Waals surface area contributed by atoms with E-state index in [0.717, 1.165) is 6.42 Å². The van der Waals surface area contributed by atoms with E-state index < -0.39 is 0 Å². The minimum absolute atomic E-state index is 0.171. The molecule has 2 heteroatoms. The number of halogens is 1. The van der Waals surface area contributed by atoms with Crippen LogP contribution in [-0.2, 0) is 0 Å². The van der Waals surface area contributed by atoms with Gasteiger partial charge in [0.1, 0.15) is 0 Å². The highest BCUT2D eigenvalue weighted by Gasteiger charge is 2.44. The molecule has 20 heavy (non-hydrogen) atoms. The molecule has 0 saturated carbocycles. The molecule has 0 aliphatic carbocycles. The Labute approximate surface area is 136 Å². The molecule has 0 aliphatic heterocycles. The average molecular weight is 348 g/mol. The normalized spacial score (nSPS) is 15.3. The third kappa shape index (κ3) is 6.47. The molecule has 0 aromatic carbocycles. The minimum Gasteiger partial charge on any atom is -0.316 e. The van der Waals surface area contributed by atoms with E-state index >= 15 is 0 Å². The third-order valence-corrected chi connectivity index (χ3v) is 6.04. The lowest BCUT2D eigenvalue weighted by Gasteiger charge is -2.46. The fourth-order valence-corrected chi connectivity index (χ4v) is 4.12. The standard InChI is InChI=1S/C18H38BrN/c1-5-9-13-17(14-10-6-2,15-11-7-3)18(19,20)16-12-8-4/h5-16,20H2,1-4H3. The molecule has 1 unspecified atom stereocenters. The predicted molar refractivity (Wildman–Crippen MR) is 96.4 cm³/mol. The van der Waals surface area contributed by atoms with Crippen LogP contribution in [-0.4, -0.2) is 4.45 Å². The molecule has 1 nitrogen and oxygen atoms in total. The van der Waals surface area contributed by atoms with E-state index in [1.54, 1.807) is 0 Å². The first-order valence-electron chi connectivity index (χ1n) is 8.97. The van der Waals surface area contributed by atoms with Crippen LogP contribution in [0.25, 0.3) is 0 Å². The van der Waals surface area contributed by atoms with Gasteiger partial charge < -0.3 is 5.73 Å². The maximum atomic E-state index is 6.82. The van der Waals surface area contributed by atoms with Crippen LogP contribution in [0.5, 0.6) is 0 Å². The molecule has 0 aliphatic rings. The molecule has 0 radical (unpaired) electrons. The van der Waals surface area contributed by atoms with E-state index in [9.17, 15) is 0 Å². The van der Waals surface area contributed by atoms with Crippen molar-refractivity contribution in [2.75, 3.05) is 0 Å². The fourth-order valence-electron chi connectivity index (χ4n) is 3.24. The Morgan fingerprint density at radius 1 is 0.650 bits per heavy atom. The van der Waals surface area contributed by atoms with Crippen molar-refractivity contribution in [1.82, 2.24) is 0 Å². The number of unbranched alkanes of at least 4 members (excludes halogenated alkanes) is 4. The van der Waals surface area contributed by atoms with Gasteiger partial charge in [-0.25, -0.2) is 0 Å². The SMILES string of the molecule is CCCCC(N)(Br)C(CCCC)(CCCC)CCCC. The Morgan fingerprint density at radius 3 is 1.25 bits per heavy atom. The van der Waals surface area contributed by atoms with E-state index in [-0.39, 0.29) is 4.45 Å². The van der Waals surface area contributed by atoms with Gasteiger partial charge in [-0.05, 0) is 31.1 Å². The fraction of sp³-hybridized carbons (Fsp3) is 1.00. The number of rotatable bonds is 13. The van der Waals surface area contributed by atoms with E-state index in [4.69, 9.17) is 5.73 Å². The van der Waals surface area contributed by atoms with Gasteiger partial charge in [0.15, 0.2) is 0 Å². The van der Waals surface area contributed by atoms with Crippen LogP contribution < -0.4 is 5.73 Å². The van der Waals surface area contributed by atoms with Gasteiger partial charge in [-0.2, -0.15) is 0 Å². The zero-order chi connectivity index (χ0) is 15.5. The first-order chi connectivity index (χ1) is 9.49. The molecule has 0 aromatic rings. The Kier molecular flexibility index (Phi) is 11.3. The Bertz CT molecular complexity index is 204. The maximum absolute atomic E-state index is 6.82. The molecule has 0 spiro atoms. The monoisotopic (exact) mass is 347 g/mol. The van der Waals surface area contributed by atoms with Gasteiger partial charge >= 0.3 is 0 Å². The van der Waals surface area contributed by atoms with Crippen LogP contribution >= 0.6 is 15.9 Å². The highest BCUT2D eigenvalue weighted by Crippen LogP contribution is 2.49. The van der Waals surface area contributed by atoms with Gasteiger partial charge in [-0.3, -0.25) is 0 Å². The van der Waals surface area contributed by atoms with E-state index in [1.807, 2.05) is 0 Å². The maximum Gasteiger partial charge on any atom is 0.0774 e. The lowest BCUT2D eigenvalue weighted by atomic mass is 9.68. The zero-order valence-electron chi connectivity index (χ0n) is 14.4. The summed E-state index contributed by atoms with van der Waals surface area (Å²) in [5.41, 5.74) is 7.12. The third-order valence-electron chi connectivity index (χ3n) is 4.80. The van der Waals surface area contributed by atoms with Crippen LogP contribution in [0.15, 0.2) is 0 Å². The summed E-state index contributed by atoms with van der Waals surface area (Å²) >= 11 is 3.98. The van der Waals surface area contributed by atoms with Gasteiger partial charge in [-0.15, -0.1) is 0 Å². The molecular weight excluding hydrogens is 310 g/mol. The highest BCUT2D eigenvalue weighted by molar-refractivity contribution is 9.10. The van der Waals surface area contributed by atoms with Gasteiger partial charge in [0.05, 0.1) is 4.45 Å². The van der Waals surface area contributed by atoms with Crippen molar-refractivity contribution >= 4 is 15.9 Å². The highest BCUT2D eigenvalue weighted by atomic mass is 79.9. The number of hydrogen-bond donors (Lipinski definition) is 1. The summed E-state index contributed by atoms with van der Waals surface area (Å²) in [6, 6.07) is 0. The quantitative estimate of drug-likeness (QED) is 0.288. The van der Waals surface area contributed by atoms with Crippen LogP contribution in [0, 0.1) is 5.41 Å². The van der Waals surface area contributed by atoms with Gasteiger partial charge in [0.25, 0.3) is 0 Å². The number of nitrogens with two attached hydrogens (primary N) is 1. The second-order valence-corrected chi connectivity index (χ2v) is 7.97. The summed E-state index contributed by atoms with van der Waals surface area (Å²) in [5.74, 6) is 0. The summed E-state index contributed by atoms with van der Waals surface area (Å²) in [7, 11) is 0. The zero-order valence-corrected chi connectivity index (χ0v) is 16.0. The summed E-state index contributed by atoms with van der Waals surface area (Å²) in [5, 5.41) is 0. The minimum atomic E-state index is -0.171. The van der Waals surface area contributed by atoms with E-state index in [2.05, 4.69) is 43.6 Å². The molecule has 0 heterocycles. The Morgan fingerprint density at radius 2 is 0.950 bits per heavy atom. The van der Waals surface area contributed by atoms with Crippen molar-refractivity contribution in [2.45, 2.75) is 109 Å². The molecule has 1 atom stereocenters. The predicted octanol–water partition coefficient (Wildman–Crippen LogP) is 6.78. The van der Waals surface area contributed by atoms with Gasteiger partial charge in [0.2, 0.25) is 0 Å². The number of alkyl halides is 1.